The fourth-order valence-electron chi connectivity index (χ4n) is 2.51. The first-order valence-corrected chi connectivity index (χ1v) is 8.07. The van der Waals surface area contributed by atoms with Crippen LogP contribution in [-0.4, -0.2) is 34.6 Å². The largest absolute Gasteiger partial charge is 0.481 e. The molecule has 150 valence electrons. The SMILES string of the molecule is CC(Oc1cccc(F)c1)C(=O)N(Cc1ccccc1[N+](=O)[O-])CC(F)(F)F. The first-order chi connectivity index (χ1) is 13.1. The van der Waals surface area contributed by atoms with E-state index >= 15 is 0 Å². The van der Waals surface area contributed by atoms with Crippen LogP contribution in [0.25, 0.3) is 0 Å². The van der Waals surface area contributed by atoms with Gasteiger partial charge in [-0.15, -0.1) is 0 Å². The van der Waals surface area contributed by atoms with Crippen LogP contribution >= 0.6 is 0 Å². The number of carbonyl (C=O) groups is 1. The van der Waals surface area contributed by atoms with E-state index < -0.39 is 47.7 Å². The quantitative estimate of drug-likeness (QED) is 0.399. The second-order valence-corrected chi connectivity index (χ2v) is 5.91. The van der Waals surface area contributed by atoms with E-state index in [1.54, 1.807) is 0 Å². The lowest BCUT2D eigenvalue weighted by atomic mass is 10.1. The van der Waals surface area contributed by atoms with Crippen LogP contribution < -0.4 is 4.74 Å². The highest BCUT2D eigenvalue weighted by atomic mass is 19.4. The number of benzene rings is 2. The van der Waals surface area contributed by atoms with E-state index in [2.05, 4.69) is 0 Å². The van der Waals surface area contributed by atoms with Crippen LogP contribution in [0.3, 0.4) is 0 Å². The number of nitro benzene ring substituents is 1. The molecule has 1 amide bonds. The van der Waals surface area contributed by atoms with Crippen LogP contribution in [0.4, 0.5) is 23.2 Å². The molecule has 0 radical (unpaired) electrons. The Morgan fingerprint density at radius 2 is 1.89 bits per heavy atom. The van der Waals surface area contributed by atoms with Crippen molar-refractivity contribution >= 4 is 11.6 Å². The van der Waals surface area contributed by atoms with E-state index in [4.69, 9.17) is 4.74 Å². The molecule has 6 nitrogen and oxygen atoms in total. The number of amides is 1. The number of ether oxygens (including phenoxy) is 1. The topological polar surface area (TPSA) is 72.7 Å². The summed E-state index contributed by atoms with van der Waals surface area (Å²) in [4.78, 5) is 23.3. The van der Waals surface area contributed by atoms with Gasteiger partial charge in [0.15, 0.2) is 6.10 Å². The molecule has 0 saturated heterocycles. The summed E-state index contributed by atoms with van der Waals surface area (Å²) in [7, 11) is 0. The third-order valence-corrected chi connectivity index (χ3v) is 3.69. The highest BCUT2D eigenvalue weighted by Gasteiger charge is 2.36. The first-order valence-electron chi connectivity index (χ1n) is 8.07. The minimum atomic E-state index is -4.72. The molecule has 0 saturated carbocycles. The summed E-state index contributed by atoms with van der Waals surface area (Å²) in [5.41, 5.74) is -0.454. The van der Waals surface area contributed by atoms with Crippen molar-refractivity contribution in [2.24, 2.45) is 0 Å². The van der Waals surface area contributed by atoms with Gasteiger partial charge in [-0.3, -0.25) is 14.9 Å². The van der Waals surface area contributed by atoms with Gasteiger partial charge in [-0.1, -0.05) is 24.3 Å². The molecule has 1 atom stereocenters. The van der Waals surface area contributed by atoms with Crippen molar-refractivity contribution in [3.05, 3.63) is 70.0 Å². The maximum atomic E-state index is 13.2. The summed E-state index contributed by atoms with van der Waals surface area (Å²) in [6.45, 7) is -1.03. The Hall–Kier alpha value is -3.17. The zero-order chi connectivity index (χ0) is 20.9. The smallest absolute Gasteiger partial charge is 0.406 e. The zero-order valence-electron chi connectivity index (χ0n) is 14.6. The predicted molar refractivity (Wildman–Crippen MR) is 91.1 cm³/mol. The molecular weight excluding hydrogens is 384 g/mol. The lowest BCUT2D eigenvalue weighted by molar-refractivity contribution is -0.385. The van der Waals surface area contributed by atoms with Crippen molar-refractivity contribution in [1.82, 2.24) is 4.90 Å². The number of hydrogen-bond acceptors (Lipinski definition) is 4. The molecule has 0 aliphatic heterocycles. The molecule has 10 heteroatoms. The average molecular weight is 400 g/mol. The Kier molecular flexibility index (Phi) is 6.55. The Morgan fingerprint density at radius 3 is 2.50 bits per heavy atom. The number of alkyl halides is 3. The van der Waals surface area contributed by atoms with Gasteiger partial charge >= 0.3 is 6.18 Å². The number of rotatable bonds is 7. The lowest BCUT2D eigenvalue weighted by Crippen LogP contribution is -2.44. The molecule has 0 N–H and O–H groups in total. The van der Waals surface area contributed by atoms with Crippen molar-refractivity contribution < 1.29 is 32.0 Å². The minimum absolute atomic E-state index is 0.0292. The van der Waals surface area contributed by atoms with Crippen LogP contribution in [-0.2, 0) is 11.3 Å². The van der Waals surface area contributed by atoms with Crippen LogP contribution in [0.15, 0.2) is 48.5 Å². The summed E-state index contributed by atoms with van der Waals surface area (Å²) in [6.07, 6.45) is -6.09. The number of carbonyl (C=O) groups excluding carboxylic acids is 1. The Morgan fingerprint density at radius 1 is 1.21 bits per heavy atom. The van der Waals surface area contributed by atoms with Gasteiger partial charge < -0.3 is 9.64 Å². The van der Waals surface area contributed by atoms with Crippen molar-refractivity contribution in [2.45, 2.75) is 25.7 Å². The number of nitro groups is 1. The van der Waals surface area contributed by atoms with Crippen molar-refractivity contribution in [3.8, 4) is 5.75 Å². The zero-order valence-corrected chi connectivity index (χ0v) is 14.6. The fraction of sp³-hybridized carbons (Fsp3) is 0.278. The number of nitrogens with zero attached hydrogens (tertiary/aromatic N) is 2. The van der Waals surface area contributed by atoms with E-state index in [9.17, 15) is 32.5 Å². The van der Waals surface area contributed by atoms with Crippen molar-refractivity contribution in [3.63, 3.8) is 0 Å². The Balaban J connectivity index is 2.24. The van der Waals surface area contributed by atoms with E-state index in [0.717, 1.165) is 18.2 Å². The molecule has 0 spiro atoms. The first kappa shape index (κ1) is 21.1. The molecule has 28 heavy (non-hydrogen) atoms. The molecule has 0 bridgehead atoms. The molecule has 0 aliphatic carbocycles. The van der Waals surface area contributed by atoms with Gasteiger partial charge in [-0.05, 0) is 19.1 Å². The predicted octanol–water partition coefficient (Wildman–Crippen LogP) is 4.09. The van der Waals surface area contributed by atoms with Crippen molar-refractivity contribution in [2.75, 3.05) is 6.54 Å². The maximum absolute atomic E-state index is 13.2. The second-order valence-electron chi connectivity index (χ2n) is 5.91. The highest BCUT2D eigenvalue weighted by molar-refractivity contribution is 5.81. The number of para-hydroxylation sites is 1. The summed E-state index contributed by atoms with van der Waals surface area (Å²) in [5.74, 6) is -1.71. The van der Waals surface area contributed by atoms with Gasteiger partial charge in [-0.25, -0.2) is 4.39 Å². The van der Waals surface area contributed by atoms with E-state index in [1.807, 2.05) is 0 Å². The fourth-order valence-corrected chi connectivity index (χ4v) is 2.51. The molecule has 1 unspecified atom stereocenters. The Labute approximate surface area is 157 Å². The molecule has 0 fully saturated rings. The monoisotopic (exact) mass is 400 g/mol. The van der Waals surface area contributed by atoms with Crippen molar-refractivity contribution in [1.29, 1.82) is 0 Å². The molecule has 2 aromatic carbocycles. The van der Waals surface area contributed by atoms with Gasteiger partial charge in [0.25, 0.3) is 11.6 Å². The maximum Gasteiger partial charge on any atom is 0.406 e. The molecule has 2 aromatic rings. The second kappa shape index (κ2) is 8.68. The Bertz CT molecular complexity index is 857. The highest BCUT2D eigenvalue weighted by Crippen LogP contribution is 2.24. The molecular formula is C18H16F4N2O4. The van der Waals surface area contributed by atoms with E-state index in [-0.39, 0.29) is 11.3 Å². The normalized spacial score (nSPS) is 12.3. The van der Waals surface area contributed by atoms with Gasteiger partial charge in [-0.2, -0.15) is 13.2 Å². The van der Waals surface area contributed by atoms with E-state index in [0.29, 0.717) is 4.90 Å². The number of hydrogen-bond donors (Lipinski definition) is 0. The third kappa shape index (κ3) is 5.93. The third-order valence-electron chi connectivity index (χ3n) is 3.69. The summed E-state index contributed by atoms with van der Waals surface area (Å²) >= 11 is 0. The van der Waals surface area contributed by atoms with Gasteiger partial charge in [0.2, 0.25) is 0 Å². The molecule has 0 aromatic heterocycles. The lowest BCUT2D eigenvalue weighted by Gasteiger charge is -2.27. The minimum Gasteiger partial charge on any atom is -0.481 e. The summed E-state index contributed by atoms with van der Waals surface area (Å²) < 4.78 is 57.3. The summed E-state index contributed by atoms with van der Waals surface area (Å²) in [5, 5.41) is 11.1. The van der Waals surface area contributed by atoms with Crippen LogP contribution in [0.5, 0.6) is 5.75 Å². The molecule has 0 aliphatic rings. The van der Waals surface area contributed by atoms with Gasteiger partial charge in [0.05, 0.1) is 11.5 Å². The van der Waals surface area contributed by atoms with Crippen LogP contribution in [0.2, 0.25) is 0 Å². The molecule has 2 rings (SSSR count). The van der Waals surface area contributed by atoms with Gasteiger partial charge in [0.1, 0.15) is 18.1 Å². The standard InChI is InChI=1S/C18H16F4N2O4/c1-12(28-15-7-4-6-14(19)9-15)17(25)23(11-18(20,21)22)10-13-5-2-3-8-16(13)24(26)27/h2-9,12H,10-11H2,1H3. The van der Waals surface area contributed by atoms with Gasteiger partial charge in [0, 0.05) is 17.7 Å². The average Bonchev–Trinajstić information content (AvgIpc) is 2.59. The summed E-state index contributed by atoms with van der Waals surface area (Å²) in [6, 6.07) is 10.00. The molecule has 0 heterocycles. The van der Waals surface area contributed by atoms with Crippen LogP contribution in [0.1, 0.15) is 12.5 Å². The van der Waals surface area contributed by atoms with Crippen LogP contribution in [0, 0.1) is 15.9 Å². The van der Waals surface area contributed by atoms with E-state index in [1.165, 1.54) is 37.3 Å². The number of halogens is 4.